The number of nitriles is 1. The Balaban J connectivity index is 1.73. The van der Waals surface area contributed by atoms with Crippen molar-refractivity contribution in [1.82, 2.24) is 0 Å². The van der Waals surface area contributed by atoms with E-state index in [1.807, 2.05) is 24.3 Å². The number of hydrogen-bond donors (Lipinski definition) is 1. The van der Waals surface area contributed by atoms with Crippen LogP contribution in [0, 0.1) is 11.3 Å². The van der Waals surface area contributed by atoms with Crippen LogP contribution in [0.3, 0.4) is 0 Å². The Morgan fingerprint density at radius 2 is 1.67 bits per heavy atom. The van der Waals surface area contributed by atoms with Crippen LogP contribution in [0.2, 0.25) is 0 Å². The third kappa shape index (κ3) is 3.11. The van der Waals surface area contributed by atoms with E-state index in [0.29, 0.717) is 35.2 Å². The van der Waals surface area contributed by atoms with Gasteiger partial charge in [0, 0.05) is 17.5 Å². The van der Waals surface area contributed by atoms with E-state index in [0.717, 1.165) is 16.7 Å². The molecule has 0 atom stereocenters. The highest BCUT2D eigenvalue weighted by atomic mass is 16.1. The molecular weight excluding hydrogens is 336 g/mol. The molecule has 0 saturated carbocycles. The van der Waals surface area contributed by atoms with E-state index < -0.39 is 0 Å². The molecule has 1 N–H and O–H groups in total. The summed E-state index contributed by atoms with van der Waals surface area (Å²) >= 11 is 0. The lowest BCUT2D eigenvalue weighted by Crippen LogP contribution is -2.14. The quantitative estimate of drug-likeness (QED) is 0.748. The van der Waals surface area contributed by atoms with Crippen molar-refractivity contribution in [3.8, 4) is 17.2 Å². The Bertz CT molecular complexity index is 1080. The van der Waals surface area contributed by atoms with Crippen LogP contribution in [0.4, 0.5) is 5.69 Å². The summed E-state index contributed by atoms with van der Waals surface area (Å²) in [6.45, 7) is 0. The summed E-state index contributed by atoms with van der Waals surface area (Å²) in [5, 5.41) is 11.9. The predicted octanol–water partition coefficient (Wildman–Crippen LogP) is 4.61. The van der Waals surface area contributed by atoms with Gasteiger partial charge in [0.05, 0.1) is 17.3 Å². The van der Waals surface area contributed by atoms with Crippen molar-refractivity contribution < 1.29 is 9.59 Å². The van der Waals surface area contributed by atoms with Crippen LogP contribution >= 0.6 is 0 Å². The number of fused-ring (bicyclic) bond motifs is 1. The summed E-state index contributed by atoms with van der Waals surface area (Å²) in [6, 6.07) is 22.1. The number of Topliss-reactive ketones (excluding diaryl/α,β-unsaturated/α-hetero) is 1. The Labute approximate surface area is 157 Å². The molecule has 4 rings (SSSR count). The fourth-order valence-corrected chi connectivity index (χ4v) is 3.47. The zero-order chi connectivity index (χ0) is 18.8. The van der Waals surface area contributed by atoms with E-state index in [-0.39, 0.29) is 11.7 Å². The second-order valence-corrected chi connectivity index (χ2v) is 6.45. The minimum Gasteiger partial charge on any atom is -0.321 e. The first-order valence-corrected chi connectivity index (χ1v) is 8.73. The van der Waals surface area contributed by atoms with Crippen molar-refractivity contribution in [2.24, 2.45) is 0 Å². The minimum atomic E-state index is -0.233. The lowest BCUT2D eigenvalue weighted by molar-refractivity contribution is 0.0995. The number of nitrogens with one attached hydrogen (secondary N) is 1. The molecular formula is C23H16N2O2. The molecule has 3 aromatic rings. The molecule has 0 fully saturated rings. The second kappa shape index (κ2) is 6.89. The lowest BCUT2D eigenvalue weighted by Gasteiger charge is -2.14. The van der Waals surface area contributed by atoms with Crippen LogP contribution in [0.15, 0.2) is 66.7 Å². The number of amides is 1. The number of carbonyl (C=O) groups excluding carboxylic acids is 2. The summed E-state index contributed by atoms with van der Waals surface area (Å²) < 4.78 is 0. The third-order valence-corrected chi connectivity index (χ3v) is 4.80. The van der Waals surface area contributed by atoms with Gasteiger partial charge in [-0.1, -0.05) is 36.4 Å². The van der Waals surface area contributed by atoms with Crippen LogP contribution in [0.1, 0.15) is 38.3 Å². The summed E-state index contributed by atoms with van der Waals surface area (Å²) in [7, 11) is 0. The van der Waals surface area contributed by atoms with Gasteiger partial charge >= 0.3 is 0 Å². The maximum atomic E-state index is 12.5. The Kier molecular flexibility index (Phi) is 4.27. The second-order valence-electron chi connectivity index (χ2n) is 6.45. The van der Waals surface area contributed by atoms with Crippen LogP contribution < -0.4 is 5.32 Å². The molecule has 0 spiro atoms. The Hall–Kier alpha value is -3.71. The van der Waals surface area contributed by atoms with Gasteiger partial charge in [-0.15, -0.1) is 0 Å². The molecule has 3 aromatic carbocycles. The summed E-state index contributed by atoms with van der Waals surface area (Å²) in [5.74, 6) is -0.188. The van der Waals surface area contributed by atoms with E-state index >= 15 is 0 Å². The molecule has 1 aliphatic carbocycles. The first kappa shape index (κ1) is 16.7. The molecule has 0 heterocycles. The largest absolute Gasteiger partial charge is 0.321 e. The molecule has 4 heteroatoms. The molecule has 0 aliphatic heterocycles. The molecule has 1 amide bonds. The van der Waals surface area contributed by atoms with E-state index in [1.165, 1.54) is 0 Å². The zero-order valence-corrected chi connectivity index (χ0v) is 14.5. The number of benzene rings is 3. The average Bonchev–Trinajstić information content (AvgIpc) is 3.11. The highest BCUT2D eigenvalue weighted by Gasteiger charge is 2.27. The van der Waals surface area contributed by atoms with E-state index in [1.54, 1.807) is 42.5 Å². The fourth-order valence-electron chi connectivity index (χ4n) is 3.47. The van der Waals surface area contributed by atoms with Crippen molar-refractivity contribution in [2.75, 3.05) is 5.32 Å². The van der Waals surface area contributed by atoms with Crippen LogP contribution in [0.5, 0.6) is 0 Å². The zero-order valence-electron chi connectivity index (χ0n) is 14.5. The molecule has 130 valence electrons. The summed E-state index contributed by atoms with van der Waals surface area (Å²) in [5.41, 5.74) is 5.18. The van der Waals surface area contributed by atoms with Crippen LogP contribution in [0.25, 0.3) is 11.1 Å². The van der Waals surface area contributed by atoms with Gasteiger partial charge in [-0.2, -0.15) is 5.26 Å². The molecule has 0 bridgehead atoms. The predicted molar refractivity (Wildman–Crippen MR) is 104 cm³/mol. The van der Waals surface area contributed by atoms with Gasteiger partial charge in [-0.05, 0) is 53.4 Å². The monoisotopic (exact) mass is 352 g/mol. The highest BCUT2D eigenvalue weighted by Crippen LogP contribution is 2.37. The van der Waals surface area contributed by atoms with Gasteiger partial charge in [0.25, 0.3) is 5.91 Å². The fraction of sp³-hybridized carbons (Fsp3) is 0.0870. The maximum absolute atomic E-state index is 12.5. The van der Waals surface area contributed by atoms with Gasteiger partial charge in [0.1, 0.15) is 0 Å². The lowest BCUT2D eigenvalue weighted by atomic mass is 9.95. The third-order valence-electron chi connectivity index (χ3n) is 4.80. The number of anilines is 1. The van der Waals surface area contributed by atoms with Crippen molar-refractivity contribution >= 4 is 17.4 Å². The smallest absolute Gasteiger partial charge is 0.255 e. The molecule has 27 heavy (non-hydrogen) atoms. The Morgan fingerprint density at radius 3 is 2.37 bits per heavy atom. The molecule has 0 saturated heterocycles. The Morgan fingerprint density at radius 1 is 0.926 bits per heavy atom. The number of hydrogen-bond acceptors (Lipinski definition) is 3. The van der Waals surface area contributed by atoms with Crippen molar-refractivity contribution in [3.63, 3.8) is 0 Å². The number of rotatable bonds is 3. The standard InChI is InChI=1S/C23H16N2O2/c24-14-15-6-8-16(9-7-15)18-10-12-20(22-19(18)11-13-21(22)26)25-23(27)17-4-2-1-3-5-17/h1-10,12H,11,13H2,(H,25,27). The van der Waals surface area contributed by atoms with Gasteiger partial charge in [0.15, 0.2) is 5.78 Å². The number of nitrogens with zero attached hydrogens (tertiary/aromatic N) is 1. The van der Waals surface area contributed by atoms with Gasteiger partial charge in [-0.25, -0.2) is 0 Å². The summed E-state index contributed by atoms with van der Waals surface area (Å²) in [4.78, 5) is 25.0. The first-order valence-electron chi connectivity index (χ1n) is 8.73. The van der Waals surface area contributed by atoms with E-state index in [9.17, 15) is 9.59 Å². The molecule has 0 aromatic heterocycles. The SMILES string of the molecule is N#Cc1ccc(-c2ccc(NC(=O)c3ccccc3)c3c2CCC3=O)cc1. The normalized spacial score (nSPS) is 12.3. The van der Waals surface area contributed by atoms with E-state index in [4.69, 9.17) is 5.26 Å². The van der Waals surface area contributed by atoms with Crippen LogP contribution in [-0.2, 0) is 6.42 Å². The van der Waals surface area contributed by atoms with Gasteiger partial charge in [-0.3, -0.25) is 9.59 Å². The minimum absolute atomic E-state index is 0.0452. The van der Waals surface area contributed by atoms with Crippen molar-refractivity contribution in [2.45, 2.75) is 12.8 Å². The molecule has 1 aliphatic rings. The van der Waals surface area contributed by atoms with Gasteiger partial charge < -0.3 is 5.32 Å². The number of ketones is 1. The average molecular weight is 352 g/mol. The molecule has 0 unspecified atom stereocenters. The molecule has 0 radical (unpaired) electrons. The summed E-state index contributed by atoms with van der Waals surface area (Å²) in [6.07, 6.45) is 1.09. The first-order chi connectivity index (χ1) is 13.2. The molecule has 4 nitrogen and oxygen atoms in total. The highest BCUT2D eigenvalue weighted by molar-refractivity contribution is 6.12. The van der Waals surface area contributed by atoms with Gasteiger partial charge in [0.2, 0.25) is 0 Å². The van der Waals surface area contributed by atoms with Crippen molar-refractivity contribution in [3.05, 3.63) is 89.0 Å². The van der Waals surface area contributed by atoms with E-state index in [2.05, 4.69) is 11.4 Å². The van der Waals surface area contributed by atoms with Crippen molar-refractivity contribution in [1.29, 1.82) is 5.26 Å². The number of carbonyl (C=O) groups is 2. The topological polar surface area (TPSA) is 70.0 Å². The van der Waals surface area contributed by atoms with Crippen LogP contribution in [-0.4, -0.2) is 11.7 Å². The maximum Gasteiger partial charge on any atom is 0.255 e.